The number of nitrogens with zero attached hydrogens (tertiary/aromatic N) is 4. The minimum atomic E-state index is 0.0849. The summed E-state index contributed by atoms with van der Waals surface area (Å²) in [5, 5.41) is 3.12. The number of nitrogens with two attached hydrogens (primary N) is 1. The van der Waals surface area contributed by atoms with Crippen molar-refractivity contribution in [2.45, 2.75) is 6.10 Å². The molecule has 1 fully saturated rings. The molecule has 1 atom stereocenters. The maximum Gasteiger partial charge on any atom is 0.228 e. The highest BCUT2D eigenvalue weighted by molar-refractivity contribution is 6.28. The van der Waals surface area contributed by atoms with Gasteiger partial charge in [-0.15, -0.1) is 0 Å². The lowest BCUT2D eigenvalue weighted by molar-refractivity contribution is -0.0117. The largest absolute Gasteiger partial charge is 0.374 e. The predicted molar refractivity (Wildman–Crippen MR) is 65.0 cm³/mol. The van der Waals surface area contributed by atoms with Gasteiger partial charge in [-0.25, -0.2) is 0 Å². The van der Waals surface area contributed by atoms with Gasteiger partial charge in [-0.3, -0.25) is 0 Å². The summed E-state index contributed by atoms with van der Waals surface area (Å²) in [6.07, 6.45) is 0.116. The Morgan fingerprint density at radius 3 is 3.06 bits per heavy atom. The average Bonchev–Trinajstić information content (AvgIpc) is 2.25. The number of hydrogen-bond acceptors (Lipinski definition) is 7. The molecule has 1 aromatic heterocycles. The van der Waals surface area contributed by atoms with E-state index in [0.717, 1.165) is 19.7 Å². The number of aromatic nitrogens is 3. The van der Waals surface area contributed by atoms with Gasteiger partial charge in [-0.2, -0.15) is 15.0 Å². The van der Waals surface area contributed by atoms with Crippen LogP contribution < -0.4 is 11.1 Å². The third-order valence-corrected chi connectivity index (χ3v) is 2.62. The standard InChI is InChI=1S/C9H15ClN6O/c1-16-2-3-17-6(5-16)4-12-9-14-7(10)13-8(11)15-9/h6H,2-5H2,1H3,(H3,11,12,13,14,15). The van der Waals surface area contributed by atoms with E-state index in [9.17, 15) is 0 Å². The molecule has 17 heavy (non-hydrogen) atoms. The van der Waals surface area contributed by atoms with E-state index in [4.69, 9.17) is 22.1 Å². The third kappa shape index (κ3) is 3.65. The fourth-order valence-electron chi connectivity index (χ4n) is 1.64. The smallest absolute Gasteiger partial charge is 0.228 e. The van der Waals surface area contributed by atoms with Crippen molar-refractivity contribution in [1.82, 2.24) is 19.9 Å². The first-order valence-electron chi connectivity index (χ1n) is 5.34. The van der Waals surface area contributed by atoms with E-state index in [1.54, 1.807) is 0 Å². The molecular weight excluding hydrogens is 244 g/mol. The minimum absolute atomic E-state index is 0.0849. The topological polar surface area (TPSA) is 89.2 Å². The van der Waals surface area contributed by atoms with Gasteiger partial charge >= 0.3 is 0 Å². The van der Waals surface area contributed by atoms with Crippen molar-refractivity contribution in [2.24, 2.45) is 0 Å². The number of halogens is 1. The van der Waals surface area contributed by atoms with E-state index in [1.165, 1.54) is 0 Å². The maximum absolute atomic E-state index is 5.67. The monoisotopic (exact) mass is 258 g/mol. The summed E-state index contributed by atoms with van der Waals surface area (Å²) in [6, 6.07) is 0. The summed E-state index contributed by atoms with van der Waals surface area (Å²) in [5.74, 6) is 0.480. The van der Waals surface area contributed by atoms with Gasteiger partial charge in [0.15, 0.2) is 0 Å². The number of morpholine rings is 1. The van der Waals surface area contributed by atoms with Crippen molar-refractivity contribution in [3.63, 3.8) is 0 Å². The van der Waals surface area contributed by atoms with Crippen LogP contribution in [-0.4, -0.2) is 59.2 Å². The first-order chi connectivity index (χ1) is 8.13. The molecule has 2 heterocycles. The summed E-state index contributed by atoms with van der Waals surface area (Å²) < 4.78 is 5.59. The summed E-state index contributed by atoms with van der Waals surface area (Å²) in [7, 11) is 2.06. The molecule has 1 aliphatic heterocycles. The molecule has 0 saturated carbocycles. The van der Waals surface area contributed by atoms with Gasteiger partial charge in [0.05, 0.1) is 12.7 Å². The number of nitrogen functional groups attached to an aromatic ring is 1. The zero-order valence-corrected chi connectivity index (χ0v) is 10.3. The summed E-state index contributed by atoms with van der Waals surface area (Å²) in [5.41, 5.74) is 5.46. The van der Waals surface area contributed by atoms with E-state index in [-0.39, 0.29) is 17.3 Å². The minimum Gasteiger partial charge on any atom is -0.374 e. The van der Waals surface area contributed by atoms with Crippen LogP contribution in [0.4, 0.5) is 11.9 Å². The lowest BCUT2D eigenvalue weighted by atomic mass is 10.3. The highest BCUT2D eigenvalue weighted by Gasteiger charge is 2.17. The molecule has 0 bridgehead atoms. The zero-order chi connectivity index (χ0) is 12.3. The van der Waals surface area contributed by atoms with Crippen molar-refractivity contribution < 1.29 is 4.74 Å². The van der Waals surface area contributed by atoms with E-state index < -0.39 is 0 Å². The lowest BCUT2D eigenvalue weighted by Crippen LogP contribution is -2.43. The van der Waals surface area contributed by atoms with E-state index in [2.05, 4.69) is 32.2 Å². The van der Waals surface area contributed by atoms with Crippen LogP contribution >= 0.6 is 11.6 Å². The number of ether oxygens (including phenoxy) is 1. The molecule has 1 saturated heterocycles. The summed E-state index contributed by atoms with van der Waals surface area (Å²) in [4.78, 5) is 13.7. The van der Waals surface area contributed by atoms with Crippen LogP contribution in [0.3, 0.4) is 0 Å². The van der Waals surface area contributed by atoms with Crippen LogP contribution in [0.15, 0.2) is 0 Å². The molecule has 1 aromatic rings. The molecule has 94 valence electrons. The van der Waals surface area contributed by atoms with E-state index in [0.29, 0.717) is 12.5 Å². The molecule has 2 rings (SSSR count). The average molecular weight is 259 g/mol. The molecule has 0 spiro atoms. The van der Waals surface area contributed by atoms with Gasteiger partial charge < -0.3 is 20.7 Å². The third-order valence-electron chi connectivity index (χ3n) is 2.46. The molecule has 1 unspecified atom stereocenters. The Morgan fingerprint density at radius 2 is 2.35 bits per heavy atom. The Hall–Kier alpha value is -1.18. The molecule has 1 aliphatic rings. The van der Waals surface area contributed by atoms with Crippen molar-refractivity contribution in [3.8, 4) is 0 Å². The van der Waals surface area contributed by atoms with Gasteiger partial charge in [-0.1, -0.05) is 0 Å². The van der Waals surface area contributed by atoms with Crippen LogP contribution in [0.1, 0.15) is 0 Å². The predicted octanol–water partition coefficient (Wildman–Crippen LogP) is -0.150. The van der Waals surface area contributed by atoms with Crippen LogP contribution in [0.5, 0.6) is 0 Å². The van der Waals surface area contributed by atoms with Gasteiger partial charge in [-0.05, 0) is 18.6 Å². The van der Waals surface area contributed by atoms with Gasteiger partial charge in [0.1, 0.15) is 0 Å². The Bertz CT molecular complexity index is 369. The number of rotatable bonds is 3. The second-order valence-electron chi connectivity index (χ2n) is 3.92. The molecule has 0 radical (unpaired) electrons. The van der Waals surface area contributed by atoms with E-state index >= 15 is 0 Å². The Balaban J connectivity index is 1.88. The quantitative estimate of drug-likeness (QED) is 0.779. The molecule has 3 N–H and O–H groups in total. The summed E-state index contributed by atoms with van der Waals surface area (Å²) in [6.45, 7) is 3.19. The second-order valence-corrected chi connectivity index (χ2v) is 4.26. The Labute approximate surface area is 104 Å². The van der Waals surface area contributed by atoms with Gasteiger partial charge in [0.2, 0.25) is 17.2 Å². The second kappa shape index (κ2) is 5.44. The van der Waals surface area contributed by atoms with Crippen LogP contribution in [0, 0.1) is 0 Å². The first-order valence-corrected chi connectivity index (χ1v) is 5.72. The van der Waals surface area contributed by atoms with Gasteiger partial charge in [0, 0.05) is 19.6 Å². The Kier molecular flexibility index (Phi) is 3.93. The maximum atomic E-state index is 5.67. The van der Waals surface area contributed by atoms with Crippen LogP contribution in [-0.2, 0) is 4.74 Å². The normalized spacial score (nSPS) is 21.4. The van der Waals surface area contributed by atoms with Crippen molar-refractivity contribution >= 4 is 23.5 Å². The Morgan fingerprint density at radius 1 is 1.53 bits per heavy atom. The molecular formula is C9H15ClN6O. The molecule has 0 aromatic carbocycles. The highest BCUT2D eigenvalue weighted by atomic mass is 35.5. The highest BCUT2D eigenvalue weighted by Crippen LogP contribution is 2.08. The van der Waals surface area contributed by atoms with Crippen molar-refractivity contribution in [1.29, 1.82) is 0 Å². The fourth-order valence-corrected chi connectivity index (χ4v) is 1.81. The lowest BCUT2D eigenvalue weighted by Gasteiger charge is -2.30. The van der Waals surface area contributed by atoms with Crippen molar-refractivity contribution in [2.75, 3.05) is 44.3 Å². The molecule has 7 nitrogen and oxygen atoms in total. The first kappa shape index (κ1) is 12.3. The van der Waals surface area contributed by atoms with Crippen LogP contribution in [0.2, 0.25) is 5.28 Å². The molecule has 0 aliphatic carbocycles. The molecule has 0 amide bonds. The number of anilines is 2. The van der Waals surface area contributed by atoms with Gasteiger partial charge in [0.25, 0.3) is 0 Å². The number of likely N-dealkylation sites (N-methyl/N-ethyl adjacent to an activating group) is 1. The van der Waals surface area contributed by atoms with Crippen molar-refractivity contribution in [3.05, 3.63) is 5.28 Å². The summed E-state index contributed by atoms with van der Waals surface area (Å²) >= 11 is 5.67. The van der Waals surface area contributed by atoms with Crippen LogP contribution in [0.25, 0.3) is 0 Å². The van der Waals surface area contributed by atoms with E-state index in [1.807, 2.05) is 0 Å². The number of hydrogen-bond donors (Lipinski definition) is 2. The fraction of sp³-hybridized carbons (Fsp3) is 0.667. The SMILES string of the molecule is CN1CCOC(CNc2nc(N)nc(Cl)n2)C1. The number of nitrogens with one attached hydrogen (secondary N) is 1. The molecule has 8 heteroatoms. The zero-order valence-electron chi connectivity index (χ0n) is 9.56.